The molecule has 31 heavy (non-hydrogen) atoms. The Hall–Kier alpha value is -3.06. The number of benzene rings is 2. The normalized spacial score (nSPS) is 17.1. The number of likely N-dealkylation sites (N-methyl/N-ethyl adjacent to an activating group) is 1. The summed E-state index contributed by atoms with van der Waals surface area (Å²) in [6.45, 7) is 3.73. The van der Waals surface area contributed by atoms with Crippen LogP contribution in [0.2, 0.25) is 5.02 Å². The SMILES string of the molecule is CC(C)C(=O)N(C)CC(=O)N1N=C(c2ccccc2Cl)C[C@@H]1c1ccc2c(c1)OCO2. The number of hydrazone groups is 1. The van der Waals surface area contributed by atoms with E-state index in [2.05, 4.69) is 5.10 Å². The topological polar surface area (TPSA) is 71.4 Å². The molecule has 0 unspecified atom stereocenters. The fourth-order valence-electron chi connectivity index (χ4n) is 3.77. The molecule has 8 heteroatoms. The fraction of sp³-hybridized carbons (Fsp3) is 0.348. The predicted molar refractivity (Wildman–Crippen MR) is 117 cm³/mol. The fourth-order valence-corrected chi connectivity index (χ4v) is 4.02. The quantitative estimate of drug-likeness (QED) is 0.706. The Labute approximate surface area is 186 Å². The van der Waals surface area contributed by atoms with Gasteiger partial charge in [0.2, 0.25) is 12.7 Å². The van der Waals surface area contributed by atoms with Gasteiger partial charge in [-0.3, -0.25) is 9.59 Å². The first-order valence-corrected chi connectivity index (χ1v) is 10.5. The van der Waals surface area contributed by atoms with Gasteiger partial charge in [-0.05, 0) is 23.8 Å². The number of hydrogen-bond acceptors (Lipinski definition) is 5. The zero-order valence-electron chi connectivity index (χ0n) is 17.7. The zero-order chi connectivity index (χ0) is 22.1. The summed E-state index contributed by atoms with van der Waals surface area (Å²) in [4.78, 5) is 26.9. The maximum Gasteiger partial charge on any atom is 0.262 e. The van der Waals surface area contributed by atoms with Crippen LogP contribution in [0.15, 0.2) is 47.6 Å². The second-order valence-electron chi connectivity index (χ2n) is 7.95. The van der Waals surface area contributed by atoms with E-state index < -0.39 is 0 Å². The van der Waals surface area contributed by atoms with Crippen molar-refractivity contribution in [3.05, 3.63) is 58.6 Å². The van der Waals surface area contributed by atoms with Crippen molar-refractivity contribution in [2.75, 3.05) is 20.4 Å². The van der Waals surface area contributed by atoms with E-state index in [1.807, 2.05) is 50.2 Å². The molecule has 7 nitrogen and oxygen atoms in total. The smallest absolute Gasteiger partial charge is 0.262 e. The molecule has 0 N–H and O–H groups in total. The highest BCUT2D eigenvalue weighted by molar-refractivity contribution is 6.34. The average molecular weight is 442 g/mol. The van der Waals surface area contributed by atoms with Crippen molar-refractivity contribution in [1.29, 1.82) is 0 Å². The number of nitrogens with zero attached hydrogens (tertiary/aromatic N) is 3. The molecule has 0 aromatic heterocycles. The minimum atomic E-state index is -0.337. The predicted octanol–water partition coefficient (Wildman–Crippen LogP) is 3.86. The Morgan fingerprint density at radius 3 is 2.68 bits per heavy atom. The van der Waals surface area contributed by atoms with E-state index in [1.165, 1.54) is 9.91 Å². The van der Waals surface area contributed by atoms with Crippen LogP contribution in [-0.2, 0) is 9.59 Å². The Morgan fingerprint density at radius 2 is 1.94 bits per heavy atom. The molecule has 2 amide bonds. The summed E-state index contributed by atoms with van der Waals surface area (Å²) in [6.07, 6.45) is 0.497. The molecule has 0 fully saturated rings. The standard InChI is InChI=1S/C23H24ClN3O4/c1-14(2)23(29)26(3)12-22(28)27-19(15-8-9-20-21(10-15)31-13-30-20)11-18(25-27)16-6-4-5-7-17(16)24/h4-10,14,19H,11-13H2,1-3H3/t19-/m1/s1. The molecule has 4 rings (SSSR count). The average Bonchev–Trinajstić information content (AvgIpc) is 3.40. The zero-order valence-corrected chi connectivity index (χ0v) is 18.4. The van der Waals surface area contributed by atoms with Crippen molar-refractivity contribution in [1.82, 2.24) is 9.91 Å². The van der Waals surface area contributed by atoms with Gasteiger partial charge in [-0.25, -0.2) is 5.01 Å². The van der Waals surface area contributed by atoms with Gasteiger partial charge < -0.3 is 14.4 Å². The number of halogens is 1. The molecule has 2 aromatic rings. The van der Waals surface area contributed by atoms with Gasteiger partial charge in [-0.15, -0.1) is 0 Å². The highest BCUT2D eigenvalue weighted by Gasteiger charge is 2.35. The Balaban J connectivity index is 1.65. The van der Waals surface area contributed by atoms with Gasteiger partial charge in [0.05, 0.1) is 11.8 Å². The number of amides is 2. The lowest BCUT2D eigenvalue weighted by atomic mass is 9.98. The molecular formula is C23H24ClN3O4. The molecule has 1 atom stereocenters. The molecule has 0 saturated heterocycles. The first kappa shape index (κ1) is 21.2. The molecule has 0 saturated carbocycles. The van der Waals surface area contributed by atoms with E-state index in [1.54, 1.807) is 13.1 Å². The summed E-state index contributed by atoms with van der Waals surface area (Å²) in [6, 6.07) is 12.7. The Morgan fingerprint density at radius 1 is 1.19 bits per heavy atom. The third-order valence-electron chi connectivity index (χ3n) is 5.37. The molecular weight excluding hydrogens is 418 g/mol. The molecule has 2 aliphatic heterocycles. The Bertz CT molecular complexity index is 1050. The van der Waals surface area contributed by atoms with E-state index in [4.69, 9.17) is 21.1 Å². The summed E-state index contributed by atoms with van der Waals surface area (Å²) in [5.41, 5.74) is 2.39. The number of fused-ring (bicyclic) bond motifs is 1. The Kier molecular flexibility index (Phi) is 5.87. The summed E-state index contributed by atoms with van der Waals surface area (Å²) >= 11 is 6.39. The van der Waals surface area contributed by atoms with Crippen LogP contribution in [0.5, 0.6) is 11.5 Å². The van der Waals surface area contributed by atoms with Crippen molar-refractivity contribution in [2.24, 2.45) is 11.0 Å². The van der Waals surface area contributed by atoms with E-state index >= 15 is 0 Å². The lowest BCUT2D eigenvalue weighted by Gasteiger charge is -2.25. The first-order chi connectivity index (χ1) is 14.8. The third-order valence-corrected chi connectivity index (χ3v) is 5.70. The van der Waals surface area contributed by atoms with Crippen molar-refractivity contribution < 1.29 is 19.1 Å². The van der Waals surface area contributed by atoms with Crippen molar-refractivity contribution >= 4 is 29.1 Å². The van der Waals surface area contributed by atoms with Crippen molar-refractivity contribution in [3.63, 3.8) is 0 Å². The van der Waals surface area contributed by atoms with Crippen LogP contribution < -0.4 is 9.47 Å². The highest BCUT2D eigenvalue weighted by Crippen LogP contribution is 2.39. The van der Waals surface area contributed by atoms with E-state index in [-0.39, 0.29) is 37.1 Å². The van der Waals surface area contributed by atoms with E-state index in [0.29, 0.717) is 22.9 Å². The number of ether oxygens (including phenoxy) is 2. The summed E-state index contributed by atoms with van der Waals surface area (Å²) < 4.78 is 10.9. The lowest BCUT2D eigenvalue weighted by molar-refractivity contribution is -0.142. The number of carbonyl (C=O) groups is 2. The van der Waals surface area contributed by atoms with Gasteiger partial charge >= 0.3 is 0 Å². The van der Waals surface area contributed by atoms with Gasteiger partial charge in [0.1, 0.15) is 6.54 Å². The lowest BCUT2D eigenvalue weighted by Crippen LogP contribution is -2.40. The third kappa shape index (κ3) is 4.23. The largest absolute Gasteiger partial charge is 0.454 e. The van der Waals surface area contributed by atoms with Crippen LogP contribution in [0.4, 0.5) is 0 Å². The van der Waals surface area contributed by atoms with Crippen LogP contribution in [0.3, 0.4) is 0 Å². The van der Waals surface area contributed by atoms with Crippen LogP contribution >= 0.6 is 11.6 Å². The van der Waals surface area contributed by atoms with Crippen molar-refractivity contribution in [3.8, 4) is 11.5 Å². The maximum atomic E-state index is 13.2. The summed E-state index contributed by atoms with van der Waals surface area (Å²) in [7, 11) is 1.63. The molecule has 0 aliphatic carbocycles. The van der Waals surface area contributed by atoms with Gasteiger partial charge in [0, 0.05) is 30.0 Å². The second-order valence-corrected chi connectivity index (χ2v) is 8.35. The molecule has 2 aromatic carbocycles. The molecule has 162 valence electrons. The number of rotatable bonds is 5. The van der Waals surface area contributed by atoms with Gasteiger partial charge in [-0.1, -0.05) is 49.7 Å². The van der Waals surface area contributed by atoms with Gasteiger partial charge in [-0.2, -0.15) is 5.10 Å². The van der Waals surface area contributed by atoms with E-state index in [0.717, 1.165) is 16.8 Å². The van der Waals surface area contributed by atoms with E-state index in [9.17, 15) is 9.59 Å². The minimum absolute atomic E-state index is 0.0582. The minimum Gasteiger partial charge on any atom is -0.454 e. The van der Waals surface area contributed by atoms with Crippen LogP contribution in [-0.4, -0.2) is 47.8 Å². The van der Waals surface area contributed by atoms with Gasteiger partial charge in [0.25, 0.3) is 5.91 Å². The summed E-state index contributed by atoms with van der Waals surface area (Å²) in [5.74, 6) is 0.768. The second kappa shape index (κ2) is 8.59. The highest BCUT2D eigenvalue weighted by atomic mass is 35.5. The maximum absolute atomic E-state index is 13.2. The van der Waals surface area contributed by atoms with Gasteiger partial charge in [0.15, 0.2) is 11.5 Å². The molecule has 0 bridgehead atoms. The first-order valence-electron chi connectivity index (χ1n) is 10.1. The van der Waals surface area contributed by atoms with Crippen LogP contribution in [0, 0.1) is 5.92 Å². The number of carbonyl (C=O) groups excluding carboxylic acids is 2. The van der Waals surface area contributed by atoms with Crippen LogP contribution in [0.1, 0.15) is 37.4 Å². The molecule has 2 aliphatic rings. The summed E-state index contributed by atoms with van der Waals surface area (Å²) in [5, 5.41) is 6.67. The molecule has 0 spiro atoms. The molecule has 0 radical (unpaired) electrons. The number of hydrogen-bond donors (Lipinski definition) is 0. The monoisotopic (exact) mass is 441 g/mol. The van der Waals surface area contributed by atoms with Crippen molar-refractivity contribution in [2.45, 2.75) is 26.3 Å². The molecule has 2 heterocycles. The van der Waals surface area contributed by atoms with Crippen LogP contribution in [0.25, 0.3) is 0 Å².